The molecule has 2 N–H and O–H groups in total. The second-order valence-electron chi connectivity index (χ2n) is 2.64. The summed E-state index contributed by atoms with van der Waals surface area (Å²) in [5.74, 6) is 0. The molecule has 1 rings (SSSR count). The van der Waals surface area contributed by atoms with Crippen molar-refractivity contribution in [1.29, 1.82) is 0 Å². The predicted molar refractivity (Wildman–Crippen MR) is 58.2 cm³/mol. The molecule has 0 unspecified atom stereocenters. The third kappa shape index (κ3) is 3.48. The van der Waals surface area contributed by atoms with E-state index < -0.39 is 6.72 Å². The Morgan fingerprint density at radius 3 is 2.07 bits per heavy atom. The molecule has 0 heterocycles. The lowest BCUT2D eigenvalue weighted by Crippen LogP contribution is -1.99. The molecule has 78 valence electrons. The molecule has 0 aromatic heterocycles. The van der Waals surface area contributed by atoms with Gasteiger partial charge in [0, 0.05) is 0 Å². The Morgan fingerprint density at radius 2 is 1.71 bits per heavy atom. The van der Waals surface area contributed by atoms with Crippen molar-refractivity contribution >= 4 is 40.9 Å². The lowest BCUT2D eigenvalue weighted by Gasteiger charge is -2.03. The Kier molecular flexibility index (Phi) is 3.95. The average Bonchev–Trinajstić information content (AvgIpc) is 1.95. The summed E-state index contributed by atoms with van der Waals surface area (Å²) in [6.45, 7) is -2.41. The largest absolute Gasteiger partial charge is 0.742 e. The van der Waals surface area contributed by atoms with Crippen LogP contribution >= 0.6 is 29.9 Å². The molecule has 1 aromatic rings. The van der Waals surface area contributed by atoms with Gasteiger partial charge < -0.3 is 14.7 Å². The van der Waals surface area contributed by atoms with E-state index in [4.69, 9.17) is 33.0 Å². The van der Waals surface area contributed by atoms with E-state index in [2.05, 4.69) is 0 Å². The van der Waals surface area contributed by atoms with E-state index in [1.54, 1.807) is 19.1 Å². The predicted octanol–water partition coefficient (Wildman–Crippen LogP) is 1.77. The average molecular weight is 273 g/mol. The van der Waals surface area contributed by atoms with Crippen molar-refractivity contribution in [2.45, 2.75) is 11.8 Å². The monoisotopic (exact) mass is 272 g/mol. The molecule has 0 bridgehead atoms. The first-order valence-electron chi connectivity index (χ1n) is 3.50. The fraction of sp³-hybridized carbons (Fsp3) is 0.143. The summed E-state index contributed by atoms with van der Waals surface area (Å²) in [6.07, 6.45) is 0. The van der Waals surface area contributed by atoms with Gasteiger partial charge in [-0.05, 0) is 24.6 Å². The summed E-state index contributed by atoms with van der Waals surface area (Å²) in [5, 5.41) is 0.506. The van der Waals surface area contributed by atoms with Gasteiger partial charge in [-0.1, -0.05) is 23.2 Å². The van der Waals surface area contributed by atoms with E-state index in [1.807, 2.05) is 0 Å². The van der Waals surface area contributed by atoms with Crippen LogP contribution in [0.3, 0.4) is 0 Å². The molecule has 0 aliphatic rings. The number of benzene rings is 1. The number of aryl methyl sites for hydroxylation is 1. The maximum Gasteiger partial charge on any atom is 0.321 e. The molecule has 7 heteroatoms. The minimum Gasteiger partial charge on any atom is -0.742 e. The molecule has 0 amide bonds. The maximum absolute atomic E-state index is 10.7. The van der Waals surface area contributed by atoms with E-state index >= 15 is 0 Å². The van der Waals surface area contributed by atoms with Crippen molar-refractivity contribution in [3.8, 4) is 0 Å². The van der Waals surface area contributed by atoms with Crippen LogP contribution in [0, 0.1) is 6.92 Å². The Morgan fingerprint density at radius 1 is 1.29 bits per heavy atom. The number of halogens is 2. The highest BCUT2D eigenvalue weighted by atomic mass is 35.5. The lowest BCUT2D eigenvalue weighted by molar-refractivity contribution is -0.196. The highest BCUT2D eigenvalue weighted by Crippen LogP contribution is 2.35. The second-order valence-corrected chi connectivity index (χ2v) is 7.00. The highest BCUT2D eigenvalue weighted by molar-refractivity contribution is 8.16. The summed E-state index contributed by atoms with van der Waals surface area (Å²) >= 11 is 11.6. The molecule has 0 radical (unpaired) electrons. The lowest BCUT2D eigenvalue weighted by atomic mass is 10.2. The molecule has 0 aliphatic carbocycles. The van der Waals surface area contributed by atoms with Gasteiger partial charge in [-0.2, -0.15) is 0 Å². The first kappa shape index (κ1) is 12.4. The fourth-order valence-corrected chi connectivity index (χ4v) is 3.88. The first-order valence-corrected chi connectivity index (χ1v) is 7.29. The van der Waals surface area contributed by atoms with Gasteiger partial charge in [0.1, 0.15) is 10.0 Å². The van der Waals surface area contributed by atoms with Crippen LogP contribution in [0.15, 0.2) is 17.0 Å². The summed E-state index contributed by atoms with van der Waals surface area (Å²) in [6, 6.07) is 3.21. The van der Waals surface area contributed by atoms with E-state index in [0.717, 1.165) is 5.56 Å². The number of hydrogen-bond acceptors (Lipinski definition) is 1. The van der Waals surface area contributed by atoms with E-state index in [-0.39, 0.29) is 14.9 Å². The first-order chi connectivity index (χ1) is 6.29. The zero-order chi connectivity index (χ0) is 10.9. The van der Waals surface area contributed by atoms with Crippen LogP contribution in [0.25, 0.3) is 0 Å². The van der Waals surface area contributed by atoms with E-state index in [1.165, 1.54) is 0 Å². The maximum atomic E-state index is 10.7. The molecule has 0 aliphatic heterocycles. The highest BCUT2D eigenvalue weighted by Gasteiger charge is 2.19. The van der Waals surface area contributed by atoms with Crippen LogP contribution in [0.4, 0.5) is 0 Å². The molecule has 0 fully saturated rings. The van der Waals surface area contributed by atoms with Gasteiger partial charge in [-0.3, -0.25) is 0 Å². The summed E-state index contributed by atoms with van der Waals surface area (Å²) in [4.78, 5) is 28.4. The number of hydrogen-bond donors (Lipinski definition) is 2. The smallest absolute Gasteiger partial charge is 0.321 e. The summed E-state index contributed by atoms with van der Waals surface area (Å²) in [7, 11) is 0.365. The number of rotatable bonds is 1. The van der Waals surface area contributed by atoms with E-state index in [9.17, 15) is 4.89 Å². The molecule has 0 saturated heterocycles. The van der Waals surface area contributed by atoms with Gasteiger partial charge in [0.2, 0.25) is 10.9 Å². The summed E-state index contributed by atoms with van der Waals surface area (Å²) in [5.41, 5.74) is 0.843. The molecule has 3 nitrogen and oxygen atoms in total. The Labute approximate surface area is 95.1 Å². The Bertz CT molecular complexity index is 384. The molecule has 14 heavy (non-hydrogen) atoms. The third-order valence-electron chi connectivity index (χ3n) is 1.35. The van der Waals surface area contributed by atoms with Crippen LogP contribution in [0.2, 0.25) is 10.0 Å². The van der Waals surface area contributed by atoms with Crippen LogP contribution in [-0.2, 0) is 10.9 Å². The molecule has 1 aromatic carbocycles. The van der Waals surface area contributed by atoms with Crippen molar-refractivity contribution in [3.05, 3.63) is 27.7 Å². The van der Waals surface area contributed by atoms with Crippen molar-refractivity contribution in [1.82, 2.24) is 0 Å². The second kappa shape index (κ2) is 4.45. The van der Waals surface area contributed by atoms with Crippen molar-refractivity contribution in [2.24, 2.45) is 0 Å². The SMILES string of the molecule is Cc1cc(Cl)c([S+]=P([O-])(O)O)c(Cl)c1. The Balaban J connectivity index is 3.37. The minimum absolute atomic E-state index is 0.215. The van der Waals surface area contributed by atoms with Crippen LogP contribution in [0.5, 0.6) is 0 Å². The molecular formula is C7H7Cl2O3PS. The fourth-order valence-electron chi connectivity index (χ4n) is 0.893. The van der Waals surface area contributed by atoms with Crippen LogP contribution in [-0.4, -0.2) is 9.79 Å². The van der Waals surface area contributed by atoms with Crippen molar-refractivity contribution in [2.75, 3.05) is 0 Å². The van der Waals surface area contributed by atoms with Crippen molar-refractivity contribution < 1.29 is 14.7 Å². The Hall–Kier alpha value is 0.330. The quantitative estimate of drug-likeness (QED) is 0.605. The standard InChI is InChI=1S/C7H7Cl2O3PS/c1-4-2-5(8)7(6(9)3-4)14-13(10,11)12/h2-3H,1H3,(H2-,10,11,12). The summed E-state index contributed by atoms with van der Waals surface area (Å²) < 4.78 is 0. The van der Waals surface area contributed by atoms with Gasteiger partial charge in [-0.25, -0.2) is 0 Å². The van der Waals surface area contributed by atoms with Gasteiger partial charge in [-0.15, -0.1) is 0 Å². The topological polar surface area (TPSA) is 63.5 Å². The zero-order valence-electron chi connectivity index (χ0n) is 7.07. The van der Waals surface area contributed by atoms with Crippen LogP contribution < -0.4 is 4.89 Å². The van der Waals surface area contributed by atoms with Crippen molar-refractivity contribution in [3.63, 3.8) is 0 Å². The minimum atomic E-state index is -4.21. The molecular weight excluding hydrogens is 266 g/mol. The molecule has 0 spiro atoms. The molecule has 0 saturated carbocycles. The van der Waals surface area contributed by atoms with Gasteiger partial charge >= 0.3 is 6.72 Å². The van der Waals surface area contributed by atoms with Gasteiger partial charge in [0.25, 0.3) is 4.90 Å². The zero-order valence-corrected chi connectivity index (χ0v) is 10.3. The van der Waals surface area contributed by atoms with E-state index in [0.29, 0.717) is 10.9 Å². The normalized spacial score (nSPS) is 11.6. The van der Waals surface area contributed by atoms with Gasteiger partial charge in [0.15, 0.2) is 0 Å². The third-order valence-corrected chi connectivity index (χ3v) is 4.29. The van der Waals surface area contributed by atoms with Gasteiger partial charge in [0.05, 0.1) is 0 Å². The molecule has 0 atom stereocenters. The van der Waals surface area contributed by atoms with Crippen LogP contribution in [0.1, 0.15) is 5.56 Å².